The topological polar surface area (TPSA) is 167 Å². The largest absolute Gasteiger partial charge is 0.422 e. The van der Waals surface area contributed by atoms with Gasteiger partial charge in [-0.2, -0.15) is 12.7 Å². The molecule has 0 aliphatic heterocycles. The number of fused-ring (bicyclic) bond motifs is 1. The average molecular weight is 538 g/mol. The van der Waals surface area contributed by atoms with Crippen molar-refractivity contribution in [2.45, 2.75) is 19.3 Å². The predicted molar refractivity (Wildman–Crippen MR) is 135 cm³/mol. The van der Waals surface area contributed by atoms with Crippen LogP contribution in [0.1, 0.15) is 16.7 Å². The Kier molecular flexibility index (Phi) is 8.50. The Morgan fingerprint density at radius 3 is 2.51 bits per heavy atom. The molecule has 5 N–H and O–H groups in total. The Morgan fingerprint density at radius 1 is 1.19 bits per heavy atom. The highest BCUT2D eigenvalue weighted by Gasteiger charge is 2.21. The Bertz CT molecular complexity index is 1470. The number of carbonyl (C=O) groups excluding carboxylic acids is 1. The van der Waals surface area contributed by atoms with Crippen molar-refractivity contribution in [1.82, 2.24) is 14.5 Å². The molecule has 3 aromatic rings. The number of ether oxygens (including phenoxy) is 1. The lowest BCUT2D eigenvalue weighted by molar-refractivity contribution is 0.142. The molecule has 3 rings (SSSR count). The Morgan fingerprint density at radius 2 is 1.89 bits per heavy atom. The minimum absolute atomic E-state index is 0.0247. The van der Waals surface area contributed by atoms with Crippen LogP contribution in [-0.4, -0.2) is 63.4 Å². The van der Waals surface area contributed by atoms with E-state index in [0.29, 0.717) is 10.9 Å². The summed E-state index contributed by atoms with van der Waals surface area (Å²) in [6, 6.07) is 8.52. The molecule has 0 saturated heterocycles. The van der Waals surface area contributed by atoms with Crippen molar-refractivity contribution < 1.29 is 31.9 Å². The Balaban J connectivity index is 2.08. The summed E-state index contributed by atoms with van der Waals surface area (Å²) >= 11 is 0. The van der Waals surface area contributed by atoms with Gasteiger partial charge in [0.05, 0.1) is 5.69 Å². The van der Waals surface area contributed by atoms with Crippen LogP contribution in [0, 0.1) is 5.82 Å². The fourth-order valence-electron chi connectivity index (χ4n) is 3.34. The van der Waals surface area contributed by atoms with Crippen LogP contribution >= 0.6 is 0 Å². The van der Waals surface area contributed by atoms with Gasteiger partial charge in [-0.3, -0.25) is 15.8 Å². The van der Waals surface area contributed by atoms with Gasteiger partial charge in [-0.15, -0.1) is 0 Å². The minimum Gasteiger partial charge on any atom is -0.422 e. The van der Waals surface area contributed by atoms with Crippen LogP contribution in [0.5, 0.6) is 5.75 Å². The SMILES string of the molecule is CN(C)C(=O)Oc1ccc2c(CNC(N)O)c(Cc3cccc(NS(=O)(=O)N(C)C)c3F)c(=O)oc2c1. The third-order valence-corrected chi connectivity index (χ3v) is 6.75. The van der Waals surface area contributed by atoms with Crippen molar-refractivity contribution in [3.05, 3.63) is 69.3 Å². The summed E-state index contributed by atoms with van der Waals surface area (Å²) in [7, 11) is 1.64. The fraction of sp³-hybridized carbons (Fsp3) is 0.304. The lowest BCUT2D eigenvalue weighted by atomic mass is 9.97. The standard InChI is InChI=1S/C23H28FN5O7S/c1-28(2)23(32)35-14-8-9-15-17(12-26-22(25)31)16(21(30)36-19(15)11-14)10-13-6-5-7-18(20(13)24)27-37(33,34)29(3)4/h5-9,11,22,26-27,31H,10,12,25H2,1-4H3. The number of nitrogens with one attached hydrogen (secondary N) is 2. The molecule has 14 heteroatoms. The molecule has 37 heavy (non-hydrogen) atoms. The summed E-state index contributed by atoms with van der Waals surface area (Å²) < 4.78 is 53.3. The summed E-state index contributed by atoms with van der Waals surface area (Å²) in [5.74, 6) is -0.733. The molecule has 0 aliphatic carbocycles. The fourth-order valence-corrected chi connectivity index (χ4v) is 3.96. The van der Waals surface area contributed by atoms with E-state index >= 15 is 4.39 Å². The molecule has 1 unspecified atom stereocenters. The molecular formula is C23H28FN5O7S. The van der Waals surface area contributed by atoms with E-state index in [2.05, 4.69) is 10.0 Å². The maximum atomic E-state index is 15.3. The normalized spacial score (nSPS) is 12.5. The molecular weight excluding hydrogens is 509 g/mol. The van der Waals surface area contributed by atoms with Gasteiger partial charge in [0.1, 0.15) is 11.3 Å². The van der Waals surface area contributed by atoms with Crippen LogP contribution in [0.2, 0.25) is 0 Å². The van der Waals surface area contributed by atoms with Crippen LogP contribution in [0.25, 0.3) is 11.0 Å². The number of hydrogen-bond donors (Lipinski definition) is 4. The first-order chi connectivity index (χ1) is 17.3. The highest BCUT2D eigenvalue weighted by Crippen LogP contribution is 2.28. The second-order valence-corrected chi connectivity index (χ2v) is 10.3. The zero-order valence-corrected chi connectivity index (χ0v) is 21.4. The van der Waals surface area contributed by atoms with E-state index in [0.717, 1.165) is 4.31 Å². The molecule has 200 valence electrons. The lowest BCUT2D eigenvalue weighted by Gasteiger charge is -2.17. The van der Waals surface area contributed by atoms with Gasteiger partial charge in [0, 0.05) is 58.2 Å². The third-order valence-electron chi connectivity index (χ3n) is 5.32. The van der Waals surface area contributed by atoms with Crippen molar-refractivity contribution in [3.8, 4) is 5.75 Å². The van der Waals surface area contributed by atoms with E-state index in [1.165, 1.54) is 63.4 Å². The number of rotatable bonds is 9. The first-order valence-corrected chi connectivity index (χ1v) is 12.4. The summed E-state index contributed by atoms with van der Waals surface area (Å²) in [6.45, 7) is -0.0828. The van der Waals surface area contributed by atoms with Crippen LogP contribution < -0.4 is 26.1 Å². The molecule has 1 atom stereocenters. The van der Waals surface area contributed by atoms with Gasteiger partial charge in [0.25, 0.3) is 0 Å². The predicted octanol–water partition coefficient (Wildman–Crippen LogP) is 1.13. The van der Waals surface area contributed by atoms with E-state index < -0.39 is 34.1 Å². The third kappa shape index (κ3) is 6.61. The first-order valence-electron chi connectivity index (χ1n) is 10.9. The Labute approximate surface area is 212 Å². The summed E-state index contributed by atoms with van der Waals surface area (Å²) in [4.78, 5) is 26.1. The maximum absolute atomic E-state index is 15.3. The van der Waals surface area contributed by atoms with Gasteiger partial charge in [-0.05, 0) is 29.3 Å². The molecule has 1 aromatic heterocycles. The smallest absolute Gasteiger partial charge is 0.414 e. The van der Waals surface area contributed by atoms with Gasteiger partial charge in [-0.25, -0.2) is 14.0 Å². The van der Waals surface area contributed by atoms with Gasteiger partial charge >= 0.3 is 21.9 Å². The highest BCUT2D eigenvalue weighted by molar-refractivity contribution is 7.90. The number of halogens is 1. The maximum Gasteiger partial charge on any atom is 0.414 e. The number of benzene rings is 2. The van der Waals surface area contributed by atoms with Crippen LogP contribution in [0.3, 0.4) is 0 Å². The monoisotopic (exact) mass is 537 g/mol. The number of nitrogens with two attached hydrogens (primary N) is 1. The van der Waals surface area contributed by atoms with E-state index in [4.69, 9.17) is 14.9 Å². The van der Waals surface area contributed by atoms with Crippen LogP contribution in [0.4, 0.5) is 14.9 Å². The molecule has 2 aromatic carbocycles. The summed E-state index contributed by atoms with van der Waals surface area (Å²) in [5, 5.41) is 12.6. The molecule has 0 aliphatic rings. The number of hydrogen-bond acceptors (Lipinski definition) is 9. The van der Waals surface area contributed by atoms with Crippen molar-refractivity contribution in [2.75, 3.05) is 32.9 Å². The number of anilines is 1. The molecule has 1 amide bonds. The molecule has 12 nitrogen and oxygen atoms in total. The molecule has 0 fully saturated rings. The van der Waals surface area contributed by atoms with Gasteiger partial charge in [0.15, 0.2) is 12.2 Å². The van der Waals surface area contributed by atoms with Gasteiger partial charge < -0.3 is 19.2 Å². The summed E-state index contributed by atoms with van der Waals surface area (Å²) in [5.41, 5.74) is 4.86. The number of aliphatic hydroxyl groups is 1. The number of carbonyl (C=O) groups is 1. The molecule has 0 radical (unpaired) electrons. The number of aliphatic hydroxyl groups excluding tert-OH is 1. The second kappa shape index (κ2) is 11.2. The second-order valence-electron chi connectivity index (χ2n) is 8.44. The lowest BCUT2D eigenvalue weighted by Crippen LogP contribution is -2.37. The zero-order valence-electron chi connectivity index (χ0n) is 20.6. The van der Waals surface area contributed by atoms with Crippen molar-refractivity contribution in [1.29, 1.82) is 0 Å². The van der Waals surface area contributed by atoms with E-state index in [9.17, 15) is 23.1 Å². The minimum atomic E-state index is -3.97. The number of amides is 1. The average Bonchev–Trinajstić information content (AvgIpc) is 2.80. The van der Waals surface area contributed by atoms with Gasteiger partial charge in [-0.1, -0.05) is 12.1 Å². The quantitative estimate of drug-likeness (QED) is 0.231. The Hall–Kier alpha value is -3.56. The van der Waals surface area contributed by atoms with E-state index in [1.807, 2.05) is 0 Å². The van der Waals surface area contributed by atoms with Crippen molar-refractivity contribution in [2.24, 2.45) is 5.73 Å². The van der Waals surface area contributed by atoms with Gasteiger partial charge in [0.2, 0.25) is 0 Å². The molecule has 1 heterocycles. The van der Waals surface area contributed by atoms with E-state index in [1.54, 1.807) is 6.07 Å². The molecule has 0 saturated carbocycles. The van der Waals surface area contributed by atoms with E-state index in [-0.39, 0.29) is 41.1 Å². The zero-order chi connectivity index (χ0) is 27.5. The van der Waals surface area contributed by atoms with Crippen molar-refractivity contribution >= 4 is 33.0 Å². The summed E-state index contributed by atoms with van der Waals surface area (Å²) in [6.07, 6.45) is -2.29. The highest BCUT2D eigenvalue weighted by atomic mass is 32.2. The van der Waals surface area contributed by atoms with Crippen molar-refractivity contribution in [3.63, 3.8) is 0 Å². The van der Waals surface area contributed by atoms with Crippen LogP contribution in [0.15, 0.2) is 45.6 Å². The van der Waals surface area contributed by atoms with Crippen LogP contribution in [-0.2, 0) is 23.2 Å². The number of nitrogens with zero attached hydrogens (tertiary/aromatic N) is 2. The first kappa shape index (κ1) is 28.0. The molecule has 0 spiro atoms. The molecule has 0 bridgehead atoms.